The van der Waals surface area contributed by atoms with Crippen LogP contribution in [0.15, 0.2) is 52.1 Å². The number of aliphatic imine (C=N–C) groups is 1. The lowest BCUT2D eigenvalue weighted by molar-refractivity contribution is -0.127. The molecule has 0 fully saturated rings. The van der Waals surface area contributed by atoms with Crippen LogP contribution in [0.1, 0.15) is 18.2 Å². The van der Waals surface area contributed by atoms with E-state index in [1.165, 1.54) is 4.90 Å². The average molecular weight is 386 g/mol. The molecular weight excluding hydrogens is 356 g/mol. The van der Waals surface area contributed by atoms with Gasteiger partial charge in [0.1, 0.15) is 18.1 Å². The van der Waals surface area contributed by atoms with Gasteiger partial charge in [0.05, 0.1) is 12.9 Å². The summed E-state index contributed by atoms with van der Waals surface area (Å²) in [4.78, 5) is 20.0. The summed E-state index contributed by atoms with van der Waals surface area (Å²) in [5.41, 5.74) is 1.13. The van der Waals surface area contributed by atoms with Crippen LogP contribution in [0.2, 0.25) is 0 Å². The molecule has 1 aromatic carbocycles. The molecule has 0 atom stereocenters. The number of guanidine groups is 1. The maximum atomic E-state index is 11.9. The summed E-state index contributed by atoms with van der Waals surface area (Å²) in [6.07, 6.45) is 2.41. The molecule has 152 valence electrons. The van der Waals surface area contributed by atoms with E-state index in [1.54, 1.807) is 20.4 Å². The standard InChI is InChI=1S/C21H30N4O3/c1-5-27-19-10-8-17(9-11-19)16-25(4)21(23-15-20(26)24(2)3)22-13-12-18-7-6-14-28-18/h6-11,14H,5,12-13,15-16H2,1-4H3,(H,22,23). The first-order chi connectivity index (χ1) is 13.5. The van der Waals surface area contributed by atoms with Crippen molar-refractivity contribution in [3.05, 3.63) is 54.0 Å². The van der Waals surface area contributed by atoms with Crippen LogP contribution in [0.25, 0.3) is 0 Å². The van der Waals surface area contributed by atoms with Gasteiger partial charge in [-0.25, -0.2) is 4.99 Å². The Kier molecular flexibility index (Phi) is 8.39. The minimum absolute atomic E-state index is 0.0419. The van der Waals surface area contributed by atoms with E-state index in [9.17, 15) is 4.79 Å². The molecule has 7 nitrogen and oxygen atoms in total. The highest BCUT2D eigenvalue weighted by Gasteiger charge is 2.10. The van der Waals surface area contributed by atoms with E-state index in [1.807, 2.05) is 55.3 Å². The molecule has 0 bridgehead atoms. The van der Waals surface area contributed by atoms with Crippen molar-refractivity contribution in [2.45, 2.75) is 19.9 Å². The fourth-order valence-electron chi connectivity index (χ4n) is 2.55. The summed E-state index contributed by atoms with van der Waals surface area (Å²) < 4.78 is 10.9. The number of hydrogen-bond donors (Lipinski definition) is 1. The van der Waals surface area contributed by atoms with Crippen LogP contribution in [0, 0.1) is 0 Å². The van der Waals surface area contributed by atoms with Crippen LogP contribution in [0.4, 0.5) is 0 Å². The fourth-order valence-corrected chi connectivity index (χ4v) is 2.55. The van der Waals surface area contributed by atoms with Gasteiger partial charge in [-0.05, 0) is 36.8 Å². The van der Waals surface area contributed by atoms with E-state index in [0.29, 0.717) is 25.7 Å². The van der Waals surface area contributed by atoms with Gasteiger partial charge in [0.25, 0.3) is 0 Å². The molecule has 1 aromatic heterocycles. The average Bonchev–Trinajstić information content (AvgIpc) is 3.19. The Hall–Kier alpha value is -2.96. The van der Waals surface area contributed by atoms with E-state index < -0.39 is 0 Å². The number of hydrogen-bond acceptors (Lipinski definition) is 4. The molecule has 7 heteroatoms. The molecule has 1 amide bonds. The van der Waals surface area contributed by atoms with Gasteiger partial charge in [-0.1, -0.05) is 12.1 Å². The van der Waals surface area contributed by atoms with Crippen LogP contribution in [-0.2, 0) is 17.8 Å². The van der Waals surface area contributed by atoms with Gasteiger partial charge in [0.2, 0.25) is 5.91 Å². The number of amides is 1. The molecule has 0 aliphatic rings. The lowest BCUT2D eigenvalue weighted by Crippen LogP contribution is -2.40. The topological polar surface area (TPSA) is 70.3 Å². The number of rotatable bonds is 9. The molecule has 0 aliphatic carbocycles. The minimum atomic E-state index is -0.0419. The third kappa shape index (κ3) is 6.98. The third-order valence-electron chi connectivity index (χ3n) is 4.11. The predicted octanol–water partition coefficient (Wildman–Crippen LogP) is 2.39. The highest BCUT2D eigenvalue weighted by atomic mass is 16.5. The quantitative estimate of drug-likeness (QED) is 0.529. The number of benzene rings is 1. The van der Waals surface area contributed by atoms with Gasteiger partial charge in [-0.15, -0.1) is 0 Å². The fraction of sp³-hybridized carbons (Fsp3) is 0.429. The van der Waals surface area contributed by atoms with Gasteiger partial charge < -0.3 is 24.3 Å². The van der Waals surface area contributed by atoms with Crippen molar-refractivity contribution in [1.29, 1.82) is 0 Å². The van der Waals surface area contributed by atoms with Gasteiger partial charge in [0, 0.05) is 40.7 Å². The summed E-state index contributed by atoms with van der Waals surface area (Å²) >= 11 is 0. The molecule has 1 N–H and O–H groups in total. The first-order valence-corrected chi connectivity index (χ1v) is 9.43. The van der Waals surface area contributed by atoms with Crippen molar-refractivity contribution in [3.8, 4) is 5.75 Å². The van der Waals surface area contributed by atoms with Crippen LogP contribution in [0.5, 0.6) is 5.75 Å². The number of nitrogens with one attached hydrogen (secondary N) is 1. The number of carbonyl (C=O) groups is 1. The van der Waals surface area contributed by atoms with Crippen molar-refractivity contribution < 1.29 is 13.9 Å². The van der Waals surface area contributed by atoms with Crippen molar-refractivity contribution in [2.24, 2.45) is 4.99 Å². The molecule has 0 saturated heterocycles. The Morgan fingerprint density at radius 2 is 1.93 bits per heavy atom. The zero-order valence-electron chi connectivity index (χ0n) is 17.1. The van der Waals surface area contributed by atoms with E-state index in [4.69, 9.17) is 9.15 Å². The Morgan fingerprint density at radius 1 is 1.18 bits per heavy atom. The minimum Gasteiger partial charge on any atom is -0.494 e. The zero-order chi connectivity index (χ0) is 20.4. The summed E-state index contributed by atoms with van der Waals surface area (Å²) in [7, 11) is 5.41. The number of furan rings is 1. The second kappa shape index (κ2) is 11.0. The highest BCUT2D eigenvalue weighted by molar-refractivity contribution is 5.84. The highest BCUT2D eigenvalue weighted by Crippen LogP contribution is 2.13. The zero-order valence-corrected chi connectivity index (χ0v) is 17.1. The van der Waals surface area contributed by atoms with Crippen molar-refractivity contribution in [3.63, 3.8) is 0 Å². The maximum Gasteiger partial charge on any atom is 0.243 e. The molecule has 2 rings (SSSR count). The Labute approximate surface area is 167 Å². The van der Waals surface area contributed by atoms with Gasteiger partial charge in [-0.3, -0.25) is 4.79 Å². The van der Waals surface area contributed by atoms with Crippen LogP contribution >= 0.6 is 0 Å². The summed E-state index contributed by atoms with van der Waals surface area (Å²) in [5.74, 6) is 2.40. The Morgan fingerprint density at radius 3 is 2.54 bits per heavy atom. The SMILES string of the molecule is CCOc1ccc(CN(C)C(=NCC(=O)N(C)C)NCCc2ccco2)cc1. The molecule has 2 aromatic rings. The molecule has 0 spiro atoms. The Bertz CT molecular complexity index is 740. The first kappa shape index (κ1) is 21.3. The summed E-state index contributed by atoms with van der Waals surface area (Å²) in [5, 5.41) is 3.32. The third-order valence-corrected chi connectivity index (χ3v) is 4.11. The van der Waals surface area contributed by atoms with E-state index in [2.05, 4.69) is 10.3 Å². The molecule has 0 radical (unpaired) electrons. The number of ether oxygens (including phenoxy) is 1. The van der Waals surface area contributed by atoms with Crippen LogP contribution < -0.4 is 10.1 Å². The second-order valence-electron chi connectivity index (χ2n) is 6.62. The largest absolute Gasteiger partial charge is 0.494 e. The number of carbonyl (C=O) groups excluding carboxylic acids is 1. The van der Waals surface area contributed by atoms with Gasteiger partial charge in [0.15, 0.2) is 5.96 Å². The van der Waals surface area contributed by atoms with Crippen molar-refractivity contribution in [1.82, 2.24) is 15.1 Å². The second-order valence-corrected chi connectivity index (χ2v) is 6.62. The number of likely N-dealkylation sites (N-methyl/N-ethyl adjacent to an activating group) is 1. The first-order valence-electron chi connectivity index (χ1n) is 9.43. The van der Waals surface area contributed by atoms with Gasteiger partial charge >= 0.3 is 0 Å². The summed E-state index contributed by atoms with van der Waals surface area (Å²) in [6.45, 7) is 4.04. The smallest absolute Gasteiger partial charge is 0.243 e. The molecule has 0 unspecified atom stereocenters. The van der Waals surface area contributed by atoms with Crippen LogP contribution in [-0.4, -0.2) is 62.5 Å². The monoisotopic (exact) mass is 386 g/mol. The summed E-state index contributed by atoms with van der Waals surface area (Å²) in [6, 6.07) is 11.8. The van der Waals surface area contributed by atoms with E-state index in [0.717, 1.165) is 23.5 Å². The predicted molar refractivity (Wildman–Crippen MR) is 110 cm³/mol. The van der Waals surface area contributed by atoms with Crippen LogP contribution in [0.3, 0.4) is 0 Å². The molecule has 0 saturated carbocycles. The Balaban J connectivity index is 2.00. The van der Waals surface area contributed by atoms with Crippen molar-refractivity contribution in [2.75, 3.05) is 40.8 Å². The maximum absolute atomic E-state index is 11.9. The molecule has 28 heavy (non-hydrogen) atoms. The van der Waals surface area contributed by atoms with Crippen molar-refractivity contribution >= 4 is 11.9 Å². The normalized spacial score (nSPS) is 11.2. The van der Waals surface area contributed by atoms with E-state index in [-0.39, 0.29) is 12.5 Å². The lowest BCUT2D eigenvalue weighted by atomic mass is 10.2. The molecule has 1 heterocycles. The van der Waals surface area contributed by atoms with Gasteiger partial charge in [-0.2, -0.15) is 0 Å². The van der Waals surface area contributed by atoms with E-state index >= 15 is 0 Å². The lowest BCUT2D eigenvalue weighted by Gasteiger charge is -2.23. The number of nitrogens with zero attached hydrogens (tertiary/aromatic N) is 3. The molecular formula is C21H30N4O3. The molecule has 0 aliphatic heterocycles.